The largest absolute Gasteiger partial charge is 0.494 e. The molecule has 0 unspecified atom stereocenters. The molecule has 0 atom stereocenters. The zero-order chi connectivity index (χ0) is 13.7. The number of nitrogens with one attached hydrogen (secondary N) is 1. The molecule has 0 radical (unpaired) electrons. The highest BCUT2D eigenvalue weighted by molar-refractivity contribution is 7.15. The van der Waals surface area contributed by atoms with E-state index >= 15 is 0 Å². The fourth-order valence-electron chi connectivity index (χ4n) is 1.49. The molecule has 0 aliphatic heterocycles. The number of hydrogen-bond donors (Lipinski definition) is 1. The average Bonchev–Trinajstić information content (AvgIpc) is 2.87. The van der Waals surface area contributed by atoms with Crippen LogP contribution in [0.15, 0.2) is 24.3 Å². The maximum atomic E-state index is 12.0. The van der Waals surface area contributed by atoms with Gasteiger partial charge in [-0.1, -0.05) is 18.3 Å². The number of aryl methyl sites for hydroxylation is 1. The molecule has 100 valence electrons. The molecule has 0 saturated carbocycles. The van der Waals surface area contributed by atoms with Crippen molar-refractivity contribution < 1.29 is 9.53 Å². The van der Waals surface area contributed by atoms with E-state index in [1.165, 1.54) is 11.3 Å². The van der Waals surface area contributed by atoms with Gasteiger partial charge in [0.1, 0.15) is 10.8 Å². The molecule has 0 bridgehead atoms. The number of benzene rings is 1. The lowest BCUT2D eigenvalue weighted by Gasteiger charge is -2.04. The molecule has 0 saturated heterocycles. The minimum atomic E-state index is -0.193. The first-order chi connectivity index (χ1) is 9.22. The molecular weight excluding hydrogens is 262 g/mol. The molecule has 5 nitrogen and oxygen atoms in total. The fraction of sp³-hybridized carbons (Fsp3) is 0.308. The number of rotatable bonds is 5. The molecular formula is C13H15N3O2S. The quantitative estimate of drug-likeness (QED) is 0.912. The first kappa shape index (κ1) is 13.5. The molecule has 19 heavy (non-hydrogen) atoms. The highest BCUT2D eigenvalue weighted by atomic mass is 32.1. The Morgan fingerprint density at radius 3 is 2.58 bits per heavy atom. The van der Waals surface area contributed by atoms with Gasteiger partial charge in [0.25, 0.3) is 5.91 Å². The lowest BCUT2D eigenvalue weighted by Crippen LogP contribution is -2.11. The molecule has 0 spiro atoms. The second-order valence-corrected chi connectivity index (χ2v) is 4.83. The summed E-state index contributed by atoms with van der Waals surface area (Å²) in [7, 11) is 0. The smallest absolute Gasteiger partial charge is 0.257 e. The van der Waals surface area contributed by atoms with Crippen LogP contribution in [0.25, 0.3) is 0 Å². The second-order valence-electron chi connectivity index (χ2n) is 3.77. The first-order valence-corrected chi connectivity index (χ1v) is 6.91. The monoisotopic (exact) mass is 277 g/mol. The summed E-state index contributed by atoms with van der Waals surface area (Å²) in [6.07, 6.45) is 0.816. The number of nitrogens with zero attached hydrogens (tertiary/aromatic N) is 2. The van der Waals surface area contributed by atoms with E-state index in [0.717, 1.165) is 17.2 Å². The molecule has 6 heteroatoms. The number of amides is 1. The topological polar surface area (TPSA) is 64.1 Å². The Kier molecular flexibility index (Phi) is 4.46. The fourth-order valence-corrected chi connectivity index (χ4v) is 2.16. The summed E-state index contributed by atoms with van der Waals surface area (Å²) in [5.41, 5.74) is 0.566. The van der Waals surface area contributed by atoms with Crippen molar-refractivity contribution in [1.82, 2.24) is 10.2 Å². The second kappa shape index (κ2) is 6.29. The average molecular weight is 277 g/mol. The molecule has 1 N–H and O–H groups in total. The minimum absolute atomic E-state index is 0.193. The van der Waals surface area contributed by atoms with Crippen molar-refractivity contribution in [3.63, 3.8) is 0 Å². The number of hydrogen-bond acceptors (Lipinski definition) is 5. The summed E-state index contributed by atoms with van der Waals surface area (Å²) in [4.78, 5) is 12.0. The lowest BCUT2D eigenvalue weighted by atomic mass is 10.2. The van der Waals surface area contributed by atoms with Crippen LogP contribution >= 0.6 is 11.3 Å². The summed E-state index contributed by atoms with van der Waals surface area (Å²) in [5, 5.41) is 12.0. The zero-order valence-corrected chi connectivity index (χ0v) is 11.7. The van der Waals surface area contributed by atoms with Gasteiger partial charge in [-0.25, -0.2) is 0 Å². The van der Waals surface area contributed by atoms with Crippen molar-refractivity contribution in [2.24, 2.45) is 0 Å². The van der Waals surface area contributed by atoms with E-state index in [0.29, 0.717) is 17.3 Å². The highest BCUT2D eigenvalue weighted by Crippen LogP contribution is 2.17. The van der Waals surface area contributed by atoms with Crippen molar-refractivity contribution in [3.05, 3.63) is 34.8 Å². The standard InChI is InChI=1S/C13H15N3O2S/c1-3-11-15-16-13(19-11)14-12(17)9-5-7-10(8-6-9)18-4-2/h5-8H,3-4H2,1-2H3,(H,14,16,17). The maximum Gasteiger partial charge on any atom is 0.257 e. The molecule has 1 aromatic heterocycles. The van der Waals surface area contributed by atoms with Crippen LogP contribution < -0.4 is 10.1 Å². The normalized spacial score (nSPS) is 10.2. The van der Waals surface area contributed by atoms with Crippen LogP contribution in [0.1, 0.15) is 29.2 Å². The van der Waals surface area contributed by atoms with Crippen molar-refractivity contribution in [2.75, 3.05) is 11.9 Å². The third kappa shape index (κ3) is 3.51. The van der Waals surface area contributed by atoms with E-state index in [4.69, 9.17) is 4.74 Å². The third-order valence-electron chi connectivity index (χ3n) is 2.42. The van der Waals surface area contributed by atoms with Gasteiger partial charge in [0.15, 0.2) is 0 Å². The van der Waals surface area contributed by atoms with Gasteiger partial charge in [0.2, 0.25) is 5.13 Å². The van der Waals surface area contributed by atoms with Gasteiger partial charge in [-0.3, -0.25) is 10.1 Å². The number of carbonyl (C=O) groups is 1. The highest BCUT2D eigenvalue weighted by Gasteiger charge is 2.09. The Morgan fingerprint density at radius 1 is 1.26 bits per heavy atom. The number of carbonyl (C=O) groups excluding carboxylic acids is 1. The molecule has 2 rings (SSSR count). The lowest BCUT2D eigenvalue weighted by molar-refractivity contribution is 0.102. The van der Waals surface area contributed by atoms with E-state index < -0.39 is 0 Å². The Hall–Kier alpha value is -1.95. The predicted molar refractivity (Wildman–Crippen MR) is 74.9 cm³/mol. The number of anilines is 1. The summed E-state index contributed by atoms with van der Waals surface area (Å²) in [6, 6.07) is 7.00. The Morgan fingerprint density at radius 2 is 2.00 bits per heavy atom. The molecule has 1 amide bonds. The summed E-state index contributed by atoms with van der Waals surface area (Å²) in [5.74, 6) is 0.560. The van der Waals surface area contributed by atoms with E-state index in [-0.39, 0.29) is 5.91 Å². The summed E-state index contributed by atoms with van der Waals surface area (Å²) >= 11 is 1.39. The van der Waals surface area contributed by atoms with Crippen LogP contribution in [0, 0.1) is 0 Å². The van der Waals surface area contributed by atoms with Crippen molar-refractivity contribution in [3.8, 4) is 5.75 Å². The summed E-state index contributed by atoms with van der Waals surface area (Å²) < 4.78 is 5.32. The SMILES string of the molecule is CCOc1ccc(C(=O)Nc2nnc(CC)s2)cc1. The maximum absolute atomic E-state index is 12.0. The molecule has 0 aliphatic rings. The van der Waals surface area contributed by atoms with Crippen LogP contribution in [0.3, 0.4) is 0 Å². The third-order valence-corrected chi connectivity index (χ3v) is 3.40. The minimum Gasteiger partial charge on any atom is -0.494 e. The van der Waals surface area contributed by atoms with Gasteiger partial charge < -0.3 is 4.74 Å². The van der Waals surface area contributed by atoms with Crippen LogP contribution in [0.2, 0.25) is 0 Å². The van der Waals surface area contributed by atoms with E-state index in [9.17, 15) is 4.79 Å². The first-order valence-electron chi connectivity index (χ1n) is 6.09. The van der Waals surface area contributed by atoms with Gasteiger partial charge in [0, 0.05) is 5.56 Å². The van der Waals surface area contributed by atoms with Crippen molar-refractivity contribution >= 4 is 22.4 Å². The Labute approximate surface area is 115 Å². The molecule has 1 heterocycles. The van der Waals surface area contributed by atoms with E-state index in [1.54, 1.807) is 24.3 Å². The number of aromatic nitrogens is 2. The molecule has 1 aromatic carbocycles. The van der Waals surface area contributed by atoms with Gasteiger partial charge >= 0.3 is 0 Å². The molecule has 0 aliphatic carbocycles. The van der Waals surface area contributed by atoms with Gasteiger partial charge in [-0.2, -0.15) is 0 Å². The zero-order valence-electron chi connectivity index (χ0n) is 10.8. The van der Waals surface area contributed by atoms with E-state index in [1.807, 2.05) is 13.8 Å². The van der Waals surface area contributed by atoms with Gasteiger partial charge in [-0.05, 0) is 37.6 Å². The van der Waals surface area contributed by atoms with Crippen LogP contribution in [0.5, 0.6) is 5.75 Å². The van der Waals surface area contributed by atoms with Crippen molar-refractivity contribution in [1.29, 1.82) is 0 Å². The van der Waals surface area contributed by atoms with Crippen LogP contribution in [-0.2, 0) is 6.42 Å². The molecule has 2 aromatic rings. The van der Waals surface area contributed by atoms with Crippen LogP contribution in [0.4, 0.5) is 5.13 Å². The van der Waals surface area contributed by atoms with Crippen LogP contribution in [-0.4, -0.2) is 22.7 Å². The Balaban J connectivity index is 2.02. The van der Waals surface area contributed by atoms with Gasteiger partial charge in [0.05, 0.1) is 6.61 Å². The summed E-state index contributed by atoms with van der Waals surface area (Å²) in [6.45, 7) is 4.52. The number of ether oxygens (including phenoxy) is 1. The Bertz CT molecular complexity index is 551. The van der Waals surface area contributed by atoms with E-state index in [2.05, 4.69) is 15.5 Å². The van der Waals surface area contributed by atoms with Gasteiger partial charge in [-0.15, -0.1) is 10.2 Å². The van der Waals surface area contributed by atoms with Crippen molar-refractivity contribution in [2.45, 2.75) is 20.3 Å². The predicted octanol–water partition coefficient (Wildman–Crippen LogP) is 2.75. The molecule has 0 fully saturated rings.